The number of carbonyl (C=O) groups excluding carboxylic acids is 1. The number of unbranched alkanes of at least 4 members (excludes halogenated alkanes) is 31. The number of aliphatic hydroxyl groups excluding tert-OH is 1. The van der Waals surface area contributed by atoms with Crippen molar-refractivity contribution >= 4 is 5.97 Å². The molecule has 0 bridgehead atoms. The van der Waals surface area contributed by atoms with E-state index in [9.17, 15) is 9.90 Å². The fourth-order valence-electron chi connectivity index (χ4n) is 6.56. The minimum atomic E-state index is -0.531. The molecule has 0 aromatic carbocycles. The summed E-state index contributed by atoms with van der Waals surface area (Å²) in [6, 6.07) is 0. The Labute approximate surface area is 301 Å². The topological polar surface area (TPSA) is 55.8 Å². The van der Waals surface area contributed by atoms with Crippen LogP contribution in [0, 0.1) is 0 Å². The summed E-state index contributed by atoms with van der Waals surface area (Å²) in [7, 11) is 0. The van der Waals surface area contributed by atoms with Gasteiger partial charge >= 0.3 is 5.97 Å². The van der Waals surface area contributed by atoms with Gasteiger partial charge < -0.3 is 14.6 Å². The van der Waals surface area contributed by atoms with E-state index in [1.807, 2.05) is 0 Å². The van der Waals surface area contributed by atoms with E-state index in [1.54, 1.807) is 0 Å². The summed E-state index contributed by atoms with van der Waals surface area (Å²) < 4.78 is 11.2. The van der Waals surface area contributed by atoms with Crippen molar-refractivity contribution in [1.29, 1.82) is 0 Å². The second-order valence-corrected chi connectivity index (χ2v) is 14.8. The van der Waals surface area contributed by atoms with E-state index < -0.39 is 6.10 Å². The average molecular weight is 679 g/mol. The van der Waals surface area contributed by atoms with E-state index in [0.29, 0.717) is 19.6 Å². The molecule has 0 aromatic rings. The number of aliphatic hydroxyl groups is 1. The fourth-order valence-corrected chi connectivity index (χ4v) is 6.56. The predicted molar refractivity (Wildman–Crippen MR) is 210 cm³/mol. The Balaban J connectivity index is 3.37. The van der Waals surface area contributed by atoms with Gasteiger partial charge in [0, 0.05) is 13.0 Å². The zero-order chi connectivity index (χ0) is 34.9. The smallest absolute Gasteiger partial charge is 0.306 e. The molecule has 0 aliphatic heterocycles. The van der Waals surface area contributed by atoms with Gasteiger partial charge in [-0.15, -0.1) is 0 Å². The largest absolute Gasteiger partial charge is 0.457 e. The molecule has 0 saturated carbocycles. The Hall–Kier alpha value is -0.870. The van der Waals surface area contributed by atoms with Gasteiger partial charge in [0.25, 0.3) is 0 Å². The molecule has 0 heterocycles. The highest BCUT2D eigenvalue weighted by atomic mass is 16.6. The molecule has 0 spiro atoms. The summed E-state index contributed by atoms with van der Waals surface area (Å²) >= 11 is 0. The van der Waals surface area contributed by atoms with Crippen LogP contribution in [-0.4, -0.2) is 37.0 Å². The predicted octanol–water partition coefficient (Wildman–Crippen LogP) is 14.2. The molecule has 0 fully saturated rings. The standard InChI is InChI=1S/C44H86O4/c1-3-5-7-9-11-13-15-17-19-20-21-22-23-24-25-27-29-31-33-35-37-39-44(46)48-43(41-45)42-47-40-38-36-34-32-30-28-26-18-16-14-12-10-8-6-4-2/h16,18,43,45H,3-15,17,19-42H2,1-2H3/b18-16-. The third kappa shape index (κ3) is 39.6. The monoisotopic (exact) mass is 679 g/mol. The first-order valence-corrected chi connectivity index (χ1v) is 21.8. The summed E-state index contributed by atoms with van der Waals surface area (Å²) in [5.74, 6) is -0.197. The number of hydrogen-bond donors (Lipinski definition) is 1. The highest BCUT2D eigenvalue weighted by molar-refractivity contribution is 5.69. The zero-order valence-corrected chi connectivity index (χ0v) is 32.8. The SMILES string of the molecule is CCCCCCC/C=C\CCCCCCCCOCC(CO)OC(=O)CCCCCCCCCCCCCCCCCCCCCCC. The third-order valence-electron chi connectivity index (χ3n) is 9.84. The van der Waals surface area contributed by atoms with Crippen molar-refractivity contribution in [3.8, 4) is 0 Å². The molecule has 48 heavy (non-hydrogen) atoms. The first kappa shape index (κ1) is 47.1. The molecule has 0 amide bonds. The first-order chi connectivity index (χ1) is 23.7. The molecule has 0 aliphatic carbocycles. The lowest BCUT2D eigenvalue weighted by Crippen LogP contribution is -2.27. The van der Waals surface area contributed by atoms with Gasteiger partial charge in [0.05, 0.1) is 13.2 Å². The molecule has 0 aromatic heterocycles. The Bertz CT molecular complexity index is 633. The highest BCUT2D eigenvalue weighted by Crippen LogP contribution is 2.16. The Morgan fingerprint density at radius 2 is 0.812 bits per heavy atom. The maximum atomic E-state index is 12.2. The van der Waals surface area contributed by atoms with Gasteiger partial charge in [-0.3, -0.25) is 4.79 Å². The van der Waals surface area contributed by atoms with Crippen molar-refractivity contribution in [2.24, 2.45) is 0 Å². The summed E-state index contributed by atoms with van der Waals surface area (Å²) in [4.78, 5) is 12.2. The van der Waals surface area contributed by atoms with Crippen LogP contribution in [0.4, 0.5) is 0 Å². The lowest BCUT2D eigenvalue weighted by molar-refractivity contribution is -0.154. The van der Waals surface area contributed by atoms with Gasteiger partial charge in [0.15, 0.2) is 0 Å². The van der Waals surface area contributed by atoms with Crippen molar-refractivity contribution < 1.29 is 19.4 Å². The van der Waals surface area contributed by atoms with E-state index >= 15 is 0 Å². The molecule has 0 saturated heterocycles. The van der Waals surface area contributed by atoms with Gasteiger partial charge in [-0.25, -0.2) is 0 Å². The molecular weight excluding hydrogens is 592 g/mol. The molecule has 1 unspecified atom stereocenters. The van der Waals surface area contributed by atoms with E-state index in [4.69, 9.17) is 9.47 Å². The molecule has 1 atom stereocenters. The van der Waals surface area contributed by atoms with Crippen molar-refractivity contribution in [3.05, 3.63) is 12.2 Å². The minimum absolute atomic E-state index is 0.168. The lowest BCUT2D eigenvalue weighted by Gasteiger charge is -2.15. The summed E-state index contributed by atoms with van der Waals surface area (Å²) in [6.45, 7) is 5.37. The lowest BCUT2D eigenvalue weighted by atomic mass is 10.0. The highest BCUT2D eigenvalue weighted by Gasteiger charge is 2.13. The van der Waals surface area contributed by atoms with Gasteiger partial charge in [0.2, 0.25) is 0 Å². The second kappa shape index (κ2) is 42.3. The van der Waals surface area contributed by atoms with Crippen LogP contribution in [0.1, 0.15) is 239 Å². The second-order valence-electron chi connectivity index (χ2n) is 14.8. The first-order valence-electron chi connectivity index (χ1n) is 21.8. The molecule has 0 rings (SSSR count). The Morgan fingerprint density at radius 3 is 1.19 bits per heavy atom. The van der Waals surface area contributed by atoms with Gasteiger partial charge in [-0.2, -0.15) is 0 Å². The number of ether oxygens (including phenoxy) is 2. The van der Waals surface area contributed by atoms with Crippen LogP contribution in [0.2, 0.25) is 0 Å². The average Bonchev–Trinajstić information content (AvgIpc) is 3.09. The summed E-state index contributed by atoms with van der Waals surface area (Å²) in [5.41, 5.74) is 0. The van der Waals surface area contributed by atoms with Crippen LogP contribution in [0.5, 0.6) is 0 Å². The maximum Gasteiger partial charge on any atom is 0.306 e. The third-order valence-corrected chi connectivity index (χ3v) is 9.84. The Kier molecular flexibility index (Phi) is 41.5. The number of hydrogen-bond acceptors (Lipinski definition) is 4. The van der Waals surface area contributed by atoms with E-state index in [0.717, 1.165) is 19.3 Å². The van der Waals surface area contributed by atoms with Crippen molar-refractivity contribution in [1.82, 2.24) is 0 Å². The van der Waals surface area contributed by atoms with Crippen LogP contribution in [0.25, 0.3) is 0 Å². The fraction of sp³-hybridized carbons (Fsp3) is 0.932. The van der Waals surface area contributed by atoms with Gasteiger partial charge in [-0.1, -0.05) is 206 Å². The van der Waals surface area contributed by atoms with Crippen molar-refractivity contribution in [2.45, 2.75) is 245 Å². The maximum absolute atomic E-state index is 12.2. The van der Waals surface area contributed by atoms with Crippen LogP contribution < -0.4 is 0 Å². The van der Waals surface area contributed by atoms with Crippen LogP contribution in [0.3, 0.4) is 0 Å². The summed E-state index contributed by atoms with van der Waals surface area (Å²) in [6.07, 6.45) is 49.9. The number of allylic oxidation sites excluding steroid dienone is 2. The number of esters is 1. The number of rotatable bonds is 41. The van der Waals surface area contributed by atoms with Crippen molar-refractivity contribution in [3.63, 3.8) is 0 Å². The van der Waals surface area contributed by atoms with Crippen LogP contribution in [0.15, 0.2) is 12.2 Å². The molecule has 1 N–H and O–H groups in total. The van der Waals surface area contributed by atoms with Crippen LogP contribution in [-0.2, 0) is 14.3 Å². The zero-order valence-electron chi connectivity index (χ0n) is 32.8. The molecule has 4 nitrogen and oxygen atoms in total. The molecule has 286 valence electrons. The number of carbonyl (C=O) groups is 1. The minimum Gasteiger partial charge on any atom is -0.457 e. The van der Waals surface area contributed by atoms with E-state index in [2.05, 4.69) is 26.0 Å². The van der Waals surface area contributed by atoms with E-state index in [1.165, 1.54) is 199 Å². The van der Waals surface area contributed by atoms with Crippen molar-refractivity contribution in [2.75, 3.05) is 19.8 Å². The molecule has 4 heteroatoms. The summed E-state index contributed by atoms with van der Waals surface area (Å²) in [5, 5.41) is 9.59. The van der Waals surface area contributed by atoms with Gasteiger partial charge in [-0.05, 0) is 38.5 Å². The Morgan fingerprint density at radius 1 is 0.479 bits per heavy atom. The van der Waals surface area contributed by atoms with E-state index in [-0.39, 0.29) is 12.6 Å². The van der Waals surface area contributed by atoms with Crippen LogP contribution >= 0.6 is 0 Å². The molecular formula is C44H86O4. The molecule has 0 radical (unpaired) electrons. The molecule has 0 aliphatic rings. The normalized spacial score (nSPS) is 12.3. The quantitative estimate of drug-likeness (QED) is 0.0397. The van der Waals surface area contributed by atoms with Gasteiger partial charge in [0.1, 0.15) is 6.10 Å².